The molecule has 1 saturated carbocycles. The number of hydroxylamine groups is 1. The molecule has 0 aliphatic heterocycles. The van der Waals surface area contributed by atoms with Gasteiger partial charge in [0.15, 0.2) is 0 Å². The zero-order valence-corrected chi connectivity index (χ0v) is 15.4. The van der Waals surface area contributed by atoms with Crippen LogP contribution in [0.15, 0.2) is 78.9 Å². The quantitative estimate of drug-likeness (QED) is 0.519. The molecule has 0 saturated heterocycles. The Hall–Kier alpha value is -2.78. The SMILES string of the molecule is c1ccc(Oc2cccc(-c3cccc(ONC4CCCCC4)c3)c2)cc1. The molecule has 0 heterocycles. The summed E-state index contributed by atoms with van der Waals surface area (Å²) in [5, 5.41) is 0. The molecule has 0 spiro atoms. The first-order chi connectivity index (χ1) is 13.4. The molecule has 0 atom stereocenters. The number of hydrogen-bond donors (Lipinski definition) is 1. The summed E-state index contributed by atoms with van der Waals surface area (Å²) < 4.78 is 5.95. The summed E-state index contributed by atoms with van der Waals surface area (Å²) in [4.78, 5) is 5.85. The highest BCUT2D eigenvalue weighted by Crippen LogP contribution is 2.29. The Balaban J connectivity index is 1.45. The minimum Gasteiger partial charge on any atom is -0.457 e. The lowest BCUT2D eigenvalue weighted by Gasteiger charge is -2.22. The Morgan fingerprint density at radius 2 is 1.26 bits per heavy atom. The van der Waals surface area contributed by atoms with Crippen LogP contribution in [0.5, 0.6) is 17.2 Å². The van der Waals surface area contributed by atoms with E-state index in [0.29, 0.717) is 6.04 Å². The number of rotatable bonds is 6. The van der Waals surface area contributed by atoms with Crippen LogP contribution in [0.2, 0.25) is 0 Å². The third-order valence-corrected chi connectivity index (χ3v) is 4.93. The van der Waals surface area contributed by atoms with Crippen LogP contribution in [-0.4, -0.2) is 6.04 Å². The van der Waals surface area contributed by atoms with Gasteiger partial charge in [-0.3, -0.25) is 0 Å². The number of para-hydroxylation sites is 1. The molecule has 4 rings (SSSR count). The summed E-state index contributed by atoms with van der Waals surface area (Å²) in [7, 11) is 0. The van der Waals surface area contributed by atoms with Crippen LogP contribution in [0.25, 0.3) is 11.1 Å². The van der Waals surface area contributed by atoms with Crippen molar-refractivity contribution in [2.75, 3.05) is 0 Å². The maximum atomic E-state index is 5.95. The molecule has 3 nitrogen and oxygen atoms in total. The van der Waals surface area contributed by atoms with E-state index in [1.165, 1.54) is 32.1 Å². The van der Waals surface area contributed by atoms with Crippen molar-refractivity contribution in [2.45, 2.75) is 38.1 Å². The van der Waals surface area contributed by atoms with Crippen molar-refractivity contribution in [3.05, 3.63) is 78.9 Å². The van der Waals surface area contributed by atoms with Gasteiger partial charge < -0.3 is 9.57 Å². The molecule has 138 valence electrons. The van der Waals surface area contributed by atoms with Gasteiger partial charge in [0.2, 0.25) is 0 Å². The average Bonchev–Trinajstić information content (AvgIpc) is 2.74. The number of benzene rings is 3. The van der Waals surface area contributed by atoms with Crippen LogP contribution in [0.4, 0.5) is 0 Å². The van der Waals surface area contributed by atoms with Crippen LogP contribution in [0, 0.1) is 0 Å². The smallest absolute Gasteiger partial charge is 0.147 e. The summed E-state index contributed by atoms with van der Waals surface area (Å²) in [6.07, 6.45) is 6.30. The Morgan fingerprint density at radius 1 is 0.630 bits per heavy atom. The third-order valence-electron chi connectivity index (χ3n) is 4.93. The van der Waals surface area contributed by atoms with Gasteiger partial charge in [-0.25, -0.2) is 0 Å². The van der Waals surface area contributed by atoms with E-state index in [4.69, 9.17) is 9.57 Å². The standard InChI is InChI=1S/C24H25NO2/c1-3-11-21(12-4-1)25-27-24-16-8-10-20(18-24)19-9-7-15-23(17-19)26-22-13-5-2-6-14-22/h2,5-10,13-18,21,25H,1,3-4,11-12H2. The first-order valence-corrected chi connectivity index (χ1v) is 9.73. The monoisotopic (exact) mass is 359 g/mol. The van der Waals surface area contributed by atoms with Crippen molar-refractivity contribution in [1.82, 2.24) is 5.48 Å². The normalized spacial score (nSPS) is 14.7. The zero-order valence-electron chi connectivity index (χ0n) is 15.4. The van der Waals surface area contributed by atoms with Crippen LogP contribution in [0.1, 0.15) is 32.1 Å². The van der Waals surface area contributed by atoms with Crippen LogP contribution in [0.3, 0.4) is 0 Å². The number of ether oxygens (including phenoxy) is 1. The maximum absolute atomic E-state index is 5.95. The molecule has 3 heteroatoms. The van der Waals surface area contributed by atoms with Crippen molar-refractivity contribution >= 4 is 0 Å². The van der Waals surface area contributed by atoms with Gasteiger partial charge in [0.1, 0.15) is 17.2 Å². The Kier molecular flexibility index (Phi) is 5.70. The van der Waals surface area contributed by atoms with Crippen molar-refractivity contribution < 1.29 is 9.57 Å². The van der Waals surface area contributed by atoms with E-state index in [0.717, 1.165) is 28.4 Å². The molecule has 1 aliphatic carbocycles. The molecular weight excluding hydrogens is 334 g/mol. The van der Waals surface area contributed by atoms with Gasteiger partial charge in [-0.05, 0) is 60.4 Å². The first-order valence-electron chi connectivity index (χ1n) is 9.73. The Labute approximate surface area is 160 Å². The second-order valence-electron chi connectivity index (χ2n) is 7.03. The second kappa shape index (κ2) is 8.74. The van der Waals surface area contributed by atoms with Gasteiger partial charge in [0, 0.05) is 6.04 Å². The average molecular weight is 359 g/mol. The van der Waals surface area contributed by atoms with E-state index < -0.39 is 0 Å². The number of hydrogen-bond acceptors (Lipinski definition) is 3. The Bertz CT molecular complexity index is 857. The zero-order chi connectivity index (χ0) is 18.3. The van der Waals surface area contributed by atoms with Crippen LogP contribution >= 0.6 is 0 Å². The van der Waals surface area contributed by atoms with Crippen LogP contribution < -0.4 is 15.1 Å². The van der Waals surface area contributed by atoms with Gasteiger partial charge in [-0.2, -0.15) is 5.48 Å². The molecule has 1 N–H and O–H groups in total. The van der Waals surface area contributed by atoms with Gasteiger partial charge in [0.05, 0.1) is 0 Å². The molecule has 3 aromatic carbocycles. The lowest BCUT2D eigenvalue weighted by atomic mass is 9.96. The molecule has 0 radical (unpaired) electrons. The predicted molar refractivity (Wildman–Crippen MR) is 109 cm³/mol. The first kappa shape index (κ1) is 17.6. The van der Waals surface area contributed by atoms with Crippen LogP contribution in [-0.2, 0) is 0 Å². The van der Waals surface area contributed by atoms with Gasteiger partial charge in [-0.15, -0.1) is 0 Å². The molecule has 27 heavy (non-hydrogen) atoms. The summed E-state index contributed by atoms with van der Waals surface area (Å²) in [5.74, 6) is 2.50. The Morgan fingerprint density at radius 3 is 2.00 bits per heavy atom. The van der Waals surface area contributed by atoms with E-state index in [9.17, 15) is 0 Å². The van der Waals surface area contributed by atoms with Crippen molar-refractivity contribution in [2.24, 2.45) is 0 Å². The molecule has 0 amide bonds. The van der Waals surface area contributed by atoms with E-state index in [-0.39, 0.29) is 0 Å². The minimum atomic E-state index is 0.463. The van der Waals surface area contributed by atoms with Crippen molar-refractivity contribution in [3.8, 4) is 28.4 Å². The maximum Gasteiger partial charge on any atom is 0.147 e. The highest BCUT2D eigenvalue weighted by molar-refractivity contribution is 5.66. The van der Waals surface area contributed by atoms with Gasteiger partial charge in [0.25, 0.3) is 0 Å². The fraction of sp³-hybridized carbons (Fsp3) is 0.250. The van der Waals surface area contributed by atoms with E-state index in [1.54, 1.807) is 0 Å². The predicted octanol–water partition coefficient (Wildman–Crippen LogP) is 6.36. The minimum absolute atomic E-state index is 0.463. The largest absolute Gasteiger partial charge is 0.457 e. The van der Waals surface area contributed by atoms with E-state index >= 15 is 0 Å². The number of nitrogens with one attached hydrogen (secondary N) is 1. The van der Waals surface area contributed by atoms with E-state index in [2.05, 4.69) is 29.7 Å². The third kappa shape index (κ3) is 4.89. The summed E-state index contributed by atoms with van der Waals surface area (Å²) in [5.41, 5.74) is 5.45. The molecule has 1 aliphatic rings. The lowest BCUT2D eigenvalue weighted by Crippen LogP contribution is -2.33. The highest BCUT2D eigenvalue weighted by atomic mass is 16.6. The summed E-state index contributed by atoms with van der Waals surface area (Å²) >= 11 is 0. The topological polar surface area (TPSA) is 30.5 Å². The molecule has 0 unspecified atom stereocenters. The van der Waals surface area contributed by atoms with Gasteiger partial charge in [-0.1, -0.05) is 61.7 Å². The van der Waals surface area contributed by atoms with Crippen molar-refractivity contribution in [1.29, 1.82) is 0 Å². The van der Waals surface area contributed by atoms with Crippen molar-refractivity contribution in [3.63, 3.8) is 0 Å². The summed E-state index contributed by atoms with van der Waals surface area (Å²) in [6, 6.07) is 26.6. The summed E-state index contributed by atoms with van der Waals surface area (Å²) in [6.45, 7) is 0. The molecular formula is C24H25NO2. The molecule has 3 aromatic rings. The molecule has 1 fully saturated rings. The fourth-order valence-corrected chi connectivity index (χ4v) is 3.47. The van der Waals surface area contributed by atoms with E-state index in [1.807, 2.05) is 54.6 Å². The molecule has 0 aromatic heterocycles. The molecule has 0 bridgehead atoms. The fourth-order valence-electron chi connectivity index (χ4n) is 3.47. The lowest BCUT2D eigenvalue weighted by molar-refractivity contribution is 0.133. The highest BCUT2D eigenvalue weighted by Gasteiger charge is 2.13. The van der Waals surface area contributed by atoms with Gasteiger partial charge >= 0.3 is 0 Å². The second-order valence-corrected chi connectivity index (χ2v) is 7.03.